The molecule has 0 saturated carbocycles. The second kappa shape index (κ2) is 7.49. The summed E-state index contributed by atoms with van der Waals surface area (Å²) in [5.74, 6) is 0. The number of ether oxygens (including phenoxy) is 1. The second-order valence-corrected chi connectivity index (χ2v) is 7.55. The van der Waals surface area contributed by atoms with Crippen LogP contribution in [0.5, 0.6) is 0 Å². The third-order valence-electron chi connectivity index (χ3n) is 3.56. The molecule has 1 atom stereocenters. The van der Waals surface area contributed by atoms with Crippen molar-refractivity contribution in [3.05, 3.63) is 34.9 Å². The number of carbonyl (C=O) groups excluding carboxylic acids is 1. The number of thiocarbonyl (C=S) groups is 1. The molecule has 1 aliphatic rings. The Balaban J connectivity index is 1.92. The Labute approximate surface area is 148 Å². The van der Waals surface area contributed by atoms with Crippen molar-refractivity contribution >= 4 is 34.9 Å². The maximum absolute atomic E-state index is 12.3. The highest BCUT2D eigenvalue weighted by Gasteiger charge is 2.34. The first-order valence-electron chi connectivity index (χ1n) is 7.78. The molecule has 2 rings (SSSR count). The Kier molecular flexibility index (Phi) is 5.87. The van der Waals surface area contributed by atoms with E-state index in [1.165, 1.54) is 0 Å². The average molecular weight is 355 g/mol. The summed E-state index contributed by atoms with van der Waals surface area (Å²) < 4.78 is 5.46. The Morgan fingerprint density at radius 2 is 2.04 bits per heavy atom. The first-order valence-corrected chi connectivity index (χ1v) is 8.57. The highest BCUT2D eigenvalue weighted by Crippen LogP contribution is 2.21. The minimum Gasteiger partial charge on any atom is -0.444 e. The average Bonchev–Trinajstić information content (AvgIpc) is 2.94. The van der Waals surface area contributed by atoms with Crippen molar-refractivity contribution in [1.29, 1.82) is 0 Å². The van der Waals surface area contributed by atoms with E-state index in [1.807, 2.05) is 45.0 Å². The van der Waals surface area contributed by atoms with Gasteiger partial charge in [0.25, 0.3) is 0 Å². The van der Waals surface area contributed by atoms with Crippen LogP contribution in [-0.4, -0.2) is 34.2 Å². The molecular weight excluding hydrogens is 332 g/mol. The summed E-state index contributed by atoms with van der Waals surface area (Å²) in [7, 11) is 0. The molecule has 126 valence electrons. The van der Waals surface area contributed by atoms with Gasteiger partial charge in [-0.05, 0) is 51.3 Å². The summed E-state index contributed by atoms with van der Waals surface area (Å²) >= 11 is 11.4. The van der Waals surface area contributed by atoms with Crippen LogP contribution < -0.4 is 5.32 Å². The number of nitrogens with zero attached hydrogens (tertiary/aromatic N) is 1. The van der Waals surface area contributed by atoms with Crippen LogP contribution in [0, 0.1) is 0 Å². The smallest absolute Gasteiger partial charge is 0.410 e. The number of hydrogen-bond acceptors (Lipinski definition) is 3. The predicted octanol–water partition coefficient (Wildman–Crippen LogP) is 4.16. The van der Waals surface area contributed by atoms with Crippen LogP contribution in [0.25, 0.3) is 0 Å². The minimum absolute atomic E-state index is 0.0906. The number of carbonyl (C=O) groups is 1. The molecule has 1 aromatic rings. The molecule has 1 aromatic carbocycles. The van der Waals surface area contributed by atoms with Gasteiger partial charge >= 0.3 is 6.09 Å². The van der Waals surface area contributed by atoms with Crippen LogP contribution >= 0.6 is 23.8 Å². The van der Waals surface area contributed by atoms with Gasteiger partial charge in [0, 0.05) is 18.1 Å². The van der Waals surface area contributed by atoms with Crippen molar-refractivity contribution in [3.63, 3.8) is 0 Å². The summed E-state index contributed by atoms with van der Waals surface area (Å²) in [6, 6.07) is 7.53. The molecular formula is C17H23ClN2O2S. The molecule has 1 amide bonds. The fourth-order valence-electron chi connectivity index (χ4n) is 2.49. The SMILES string of the molecule is CC(C)(C)OC(=O)N1CCCC1C(=S)NCc1ccc(Cl)cc1. The maximum atomic E-state index is 12.3. The van der Waals surface area contributed by atoms with Crippen LogP contribution in [0.1, 0.15) is 39.2 Å². The van der Waals surface area contributed by atoms with Crippen LogP contribution in [0.3, 0.4) is 0 Å². The minimum atomic E-state index is -0.497. The summed E-state index contributed by atoms with van der Waals surface area (Å²) in [5, 5.41) is 3.96. The molecule has 1 N–H and O–H groups in total. The number of likely N-dealkylation sites (tertiary alicyclic amines) is 1. The lowest BCUT2D eigenvalue weighted by atomic mass is 10.2. The quantitative estimate of drug-likeness (QED) is 0.828. The first-order chi connectivity index (χ1) is 10.8. The van der Waals surface area contributed by atoms with Gasteiger partial charge in [-0.1, -0.05) is 36.0 Å². The Morgan fingerprint density at radius 1 is 1.39 bits per heavy atom. The molecule has 1 aliphatic heterocycles. The number of benzene rings is 1. The lowest BCUT2D eigenvalue weighted by molar-refractivity contribution is 0.0265. The molecule has 1 fully saturated rings. The normalized spacial score (nSPS) is 17.9. The zero-order valence-corrected chi connectivity index (χ0v) is 15.3. The standard InChI is InChI=1S/C17H23ClN2O2S/c1-17(2,3)22-16(21)20-10-4-5-14(20)15(23)19-11-12-6-8-13(18)9-7-12/h6-9,14H,4-5,10-11H2,1-3H3,(H,19,23). The number of rotatable bonds is 3. The number of amides is 1. The van der Waals surface area contributed by atoms with E-state index in [1.54, 1.807) is 4.90 Å². The van der Waals surface area contributed by atoms with Gasteiger partial charge in [-0.2, -0.15) is 0 Å². The molecule has 0 aromatic heterocycles. The maximum Gasteiger partial charge on any atom is 0.410 e. The van der Waals surface area contributed by atoms with Crippen LogP contribution in [-0.2, 0) is 11.3 Å². The third-order valence-corrected chi connectivity index (χ3v) is 4.23. The van der Waals surface area contributed by atoms with E-state index < -0.39 is 5.60 Å². The lowest BCUT2D eigenvalue weighted by Crippen LogP contribution is -2.46. The summed E-state index contributed by atoms with van der Waals surface area (Å²) in [5.41, 5.74) is 0.598. The number of halogens is 1. The predicted molar refractivity (Wildman–Crippen MR) is 96.9 cm³/mol. The largest absolute Gasteiger partial charge is 0.444 e. The van der Waals surface area contributed by atoms with E-state index in [-0.39, 0.29) is 12.1 Å². The fourth-order valence-corrected chi connectivity index (χ4v) is 2.93. The van der Waals surface area contributed by atoms with Crippen molar-refractivity contribution in [2.75, 3.05) is 6.54 Å². The van der Waals surface area contributed by atoms with Gasteiger partial charge < -0.3 is 10.1 Å². The molecule has 0 aliphatic carbocycles. The highest BCUT2D eigenvalue weighted by atomic mass is 35.5. The summed E-state index contributed by atoms with van der Waals surface area (Å²) in [6.07, 6.45) is 1.51. The highest BCUT2D eigenvalue weighted by molar-refractivity contribution is 7.80. The van der Waals surface area contributed by atoms with Crippen LogP contribution in [0.4, 0.5) is 4.79 Å². The van der Waals surface area contributed by atoms with E-state index in [2.05, 4.69) is 5.32 Å². The topological polar surface area (TPSA) is 41.6 Å². The number of hydrogen-bond donors (Lipinski definition) is 1. The second-order valence-electron chi connectivity index (χ2n) is 6.68. The molecule has 4 nitrogen and oxygen atoms in total. The van der Waals surface area contributed by atoms with E-state index in [0.717, 1.165) is 18.4 Å². The Hall–Kier alpha value is -1.33. The zero-order chi connectivity index (χ0) is 17.0. The van der Waals surface area contributed by atoms with E-state index in [0.29, 0.717) is 23.1 Å². The number of nitrogens with one attached hydrogen (secondary N) is 1. The van der Waals surface area contributed by atoms with E-state index in [4.69, 9.17) is 28.6 Å². The van der Waals surface area contributed by atoms with E-state index >= 15 is 0 Å². The Bertz CT molecular complexity index is 569. The van der Waals surface area contributed by atoms with Gasteiger partial charge in [-0.15, -0.1) is 0 Å². The molecule has 1 unspecified atom stereocenters. The van der Waals surface area contributed by atoms with Gasteiger partial charge in [0.15, 0.2) is 0 Å². The van der Waals surface area contributed by atoms with Gasteiger partial charge in [0.1, 0.15) is 5.60 Å². The third kappa shape index (κ3) is 5.36. The lowest BCUT2D eigenvalue weighted by Gasteiger charge is -2.29. The monoisotopic (exact) mass is 354 g/mol. The summed E-state index contributed by atoms with van der Waals surface area (Å²) in [4.78, 5) is 14.7. The molecule has 23 heavy (non-hydrogen) atoms. The van der Waals surface area contributed by atoms with Crippen molar-refractivity contribution < 1.29 is 9.53 Å². The van der Waals surface area contributed by atoms with Gasteiger partial charge in [0.2, 0.25) is 0 Å². The van der Waals surface area contributed by atoms with Gasteiger partial charge in [0.05, 0.1) is 11.0 Å². The molecule has 1 heterocycles. The van der Waals surface area contributed by atoms with Crippen molar-refractivity contribution in [1.82, 2.24) is 10.2 Å². The molecule has 0 radical (unpaired) electrons. The van der Waals surface area contributed by atoms with Crippen LogP contribution in [0.15, 0.2) is 24.3 Å². The van der Waals surface area contributed by atoms with Gasteiger partial charge in [-0.25, -0.2) is 4.79 Å². The fraction of sp³-hybridized carbons (Fsp3) is 0.529. The van der Waals surface area contributed by atoms with Crippen molar-refractivity contribution in [3.8, 4) is 0 Å². The first kappa shape index (κ1) is 18.0. The zero-order valence-electron chi connectivity index (χ0n) is 13.8. The molecule has 1 saturated heterocycles. The van der Waals surface area contributed by atoms with Crippen molar-refractivity contribution in [2.24, 2.45) is 0 Å². The molecule has 0 bridgehead atoms. The molecule has 6 heteroatoms. The van der Waals surface area contributed by atoms with Crippen LogP contribution in [0.2, 0.25) is 5.02 Å². The Morgan fingerprint density at radius 3 is 2.65 bits per heavy atom. The van der Waals surface area contributed by atoms with Crippen molar-refractivity contribution in [2.45, 2.75) is 51.8 Å². The summed E-state index contributed by atoms with van der Waals surface area (Å²) in [6.45, 7) is 6.91. The van der Waals surface area contributed by atoms with Gasteiger partial charge in [-0.3, -0.25) is 4.90 Å². The molecule has 0 spiro atoms. The van der Waals surface area contributed by atoms with E-state index in [9.17, 15) is 4.79 Å².